The number of aliphatic hydroxyl groups is 1. The Kier molecular flexibility index (Phi) is 11.7. The lowest BCUT2D eigenvalue weighted by molar-refractivity contribution is -0.0521. The van der Waals surface area contributed by atoms with Crippen LogP contribution in [0.4, 0.5) is 5.69 Å². The van der Waals surface area contributed by atoms with Crippen molar-refractivity contribution in [2.75, 3.05) is 40.5 Å². The number of hydrogen-bond donors (Lipinski definition) is 2. The molecule has 0 aliphatic carbocycles. The molecule has 4 aromatic rings. The Morgan fingerprint density at radius 2 is 1.98 bits per heavy atom. The number of nitrogens with zero attached hydrogens (tertiary/aromatic N) is 8. The fourth-order valence-electron chi connectivity index (χ4n) is 6.01. The first-order chi connectivity index (χ1) is 24.5. The van der Waals surface area contributed by atoms with Crippen molar-refractivity contribution in [1.82, 2.24) is 28.4 Å². The van der Waals surface area contributed by atoms with Gasteiger partial charge in [0.05, 0.1) is 37.4 Å². The zero-order valence-electron chi connectivity index (χ0n) is 27.8. The minimum atomic E-state index is -3.62. The third-order valence-corrected chi connectivity index (χ3v) is 11.3. The minimum Gasteiger partial charge on any atom is -0.394 e. The molecule has 6 heterocycles. The van der Waals surface area contributed by atoms with Crippen LogP contribution in [-0.4, -0.2) is 110 Å². The first kappa shape index (κ1) is 37.3. The molecule has 51 heavy (non-hydrogen) atoms. The highest BCUT2D eigenvalue weighted by molar-refractivity contribution is 8.07. The smallest absolute Gasteiger partial charge is 0.394 e. The van der Waals surface area contributed by atoms with Gasteiger partial charge >= 0.3 is 15.0 Å². The van der Waals surface area contributed by atoms with Crippen molar-refractivity contribution in [3.63, 3.8) is 0 Å². The third kappa shape index (κ3) is 8.12. The molecule has 0 radical (unpaired) electrons. The summed E-state index contributed by atoms with van der Waals surface area (Å²) in [6, 6.07) is 5.02. The van der Waals surface area contributed by atoms with Gasteiger partial charge < -0.3 is 42.5 Å². The molecule has 0 bridgehead atoms. The van der Waals surface area contributed by atoms with Gasteiger partial charge in [0.1, 0.15) is 24.6 Å². The first-order valence-corrected chi connectivity index (χ1v) is 19.6. The number of hydrogen-bond acceptors (Lipinski definition) is 13. The van der Waals surface area contributed by atoms with Crippen LogP contribution in [0, 0.1) is 12.5 Å². The van der Waals surface area contributed by atoms with Crippen molar-refractivity contribution in [3.8, 4) is 0 Å². The number of aromatic nitrogens is 5. The predicted octanol–water partition coefficient (Wildman–Crippen LogP) is 3.18. The monoisotopic (exact) mass is 763 g/mol. The summed E-state index contributed by atoms with van der Waals surface area (Å²) in [7, 11) is 0.731. The van der Waals surface area contributed by atoms with E-state index in [0.29, 0.717) is 5.65 Å². The highest BCUT2D eigenvalue weighted by Gasteiger charge is 2.50. The molecule has 0 amide bonds. The molecule has 272 valence electrons. The Balaban J connectivity index is 1.20. The fourth-order valence-corrected chi connectivity index (χ4v) is 8.63. The molecule has 2 unspecified atom stereocenters. The van der Waals surface area contributed by atoms with Gasteiger partial charge in [-0.2, -0.15) is 0 Å². The van der Waals surface area contributed by atoms with E-state index >= 15 is 0 Å². The molecule has 2 saturated heterocycles. The van der Waals surface area contributed by atoms with Crippen molar-refractivity contribution in [3.05, 3.63) is 71.0 Å². The summed E-state index contributed by atoms with van der Waals surface area (Å²) in [5.41, 5.74) is 1.05. The van der Waals surface area contributed by atoms with Crippen LogP contribution in [0.1, 0.15) is 25.8 Å². The Hall–Kier alpha value is -3.50. The van der Waals surface area contributed by atoms with Gasteiger partial charge in [-0.25, -0.2) is 21.5 Å². The SMILES string of the molecule is [C-]#[N+]CCOP(=S)(OC[C@H]1O[C@@H](n2ccc(=O)n3ccnc23)[C@H](O[P+](=O)O)[C@@H]1C)O[C@H]1C[C@H](n2ccc3c(N=CN(C)C)ccnc32)O[C@@H]1CO. The molecule has 4 aromatic heterocycles. The quantitative estimate of drug-likeness (QED) is 0.0590. The number of pyridine rings is 1. The van der Waals surface area contributed by atoms with Crippen LogP contribution < -0.4 is 5.56 Å². The van der Waals surface area contributed by atoms with E-state index in [2.05, 4.69) is 19.8 Å². The van der Waals surface area contributed by atoms with Gasteiger partial charge in [-0.1, -0.05) is 6.92 Å². The summed E-state index contributed by atoms with van der Waals surface area (Å²) in [5, 5.41) is 11.1. The largest absolute Gasteiger partial charge is 0.695 e. The first-order valence-electron chi connectivity index (χ1n) is 15.9. The molecule has 2 aliphatic heterocycles. The second-order valence-electron chi connectivity index (χ2n) is 12.0. The maximum atomic E-state index is 12.3. The van der Waals surface area contributed by atoms with Gasteiger partial charge in [0, 0.05) is 73.4 Å². The van der Waals surface area contributed by atoms with E-state index in [1.807, 2.05) is 41.9 Å². The number of aliphatic hydroxyl groups excluding tert-OH is 1. The third-order valence-electron chi connectivity index (χ3n) is 8.46. The molecule has 2 fully saturated rings. The number of fused-ring (bicyclic) bond motifs is 2. The Bertz CT molecular complexity index is 2050. The van der Waals surface area contributed by atoms with E-state index in [1.165, 1.54) is 29.1 Å². The predicted molar refractivity (Wildman–Crippen MR) is 187 cm³/mol. The lowest BCUT2D eigenvalue weighted by atomic mass is 10.0. The van der Waals surface area contributed by atoms with Crippen LogP contribution in [0.2, 0.25) is 0 Å². The molecule has 0 saturated carbocycles. The number of ether oxygens (including phenoxy) is 2. The molecule has 0 aromatic carbocycles. The second-order valence-corrected chi connectivity index (χ2v) is 15.7. The normalized spacial score (nSPS) is 26.6. The van der Waals surface area contributed by atoms with Crippen LogP contribution in [0.3, 0.4) is 0 Å². The molecule has 18 nitrogen and oxygen atoms in total. The molecule has 6 rings (SSSR count). The summed E-state index contributed by atoms with van der Waals surface area (Å²) >= 11 is 5.84. The summed E-state index contributed by atoms with van der Waals surface area (Å²) in [4.78, 5) is 40.5. The van der Waals surface area contributed by atoms with E-state index in [1.54, 1.807) is 24.0 Å². The van der Waals surface area contributed by atoms with E-state index in [4.69, 9.17) is 45.9 Å². The number of aliphatic imine (C=N–C) groups is 1. The molecule has 9 atom stereocenters. The molecular formula is C30H37N8O10P2S+. The minimum absolute atomic E-state index is 0.00250. The fraction of sp³-hybridized carbons (Fsp3) is 0.500. The van der Waals surface area contributed by atoms with Crippen LogP contribution in [-0.2, 0) is 43.9 Å². The molecule has 2 aliphatic rings. The van der Waals surface area contributed by atoms with E-state index in [9.17, 15) is 19.4 Å². The average Bonchev–Trinajstić information content (AvgIpc) is 3.90. The number of imidazole rings is 1. The van der Waals surface area contributed by atoms with Crippen LogP contribution >= 0.6 is 15.0 Å². The highest BCUT2D eigenvalue weighted by Crippen LogP contribution is 2.54. The van der Waals surface area contributed by atoms with Gasteiger partial charge in [0.25, 0.3) is 5.56 Å². The standard InChI is InChI=1S/C30H36N8O10P2S/c1-19-24(46-29(27(19)47-49(41)42)38-12-7-25(40)36-13-9-33-30(36)38)17-44-50(51,43-14-10-31-2)48-22-15-26(45-23(22)16-39)37-11-6-20-21(34-18-35(3)4)5-8-32-28(20)37/h5-9,11-13,18-19,22-24,26-27,29,39H,10,14-17H2,1,3-4H3/p+1/t19-,22+,23-,24-,26-,27-,29-,50?/m1/s1. The lowest BCUT2D eigenvalue weighted by Gasteiger charge is -2.27. The molecule has 0 spiro atoms. The van der Waals surface area contributed by atoms with E-state index in [0.717, 1.165) is 11.1 Å². The zero-order valence-corrected chi connectivity index (χ0v) is 30.4. The van der Waals surface area contributed by atoms with Crippen LogP contribution in [0.25, 0.3) is 21.7 Å². The van der Waals surface area contributed by atoms with Crippen molar-refractivity contribution in [2.45, 2.75) is 50.2 Å². The van der Waals surface area contributed by atoms with E-state index in [-0.39, 0.29) is 44.1 Å². The molecule has 2 N–H and O–H groups in total. The second kappa shape index (κ2) is 16.0. The topological polar surface area (TPSA) is 190 Å². The van der Waals surface area contributed by atoms with Crippen molar-refractivity contribution in [2.24, 2.45) is 10.9 Å². The summed E-state index contributed by atoms with van der Waals surface area (Å²) < 4.78 is 52.9. The lowest BCUT2D eigenvalue weighted by Crippen LogP contribution is -2.29. The molecular weight excluding hydrogens is 726 g/mol. The van der Waals surface area contributed by atoms with Gasteiger partial charge in [0.15, 0.2) is 12.3 Å². The van der Waals surface area contributed by atoms with Crippen LogP contribution in [0.15, 0.2) is 59.0 Å². The summed E-state index contributed by atoms with van der Waals surface area (Å²) in [5.74, 6) is -0.277. The maximum absolute atomic E-state index is 12.3. The Morgan fingerprint density at radius 1 is 1.18 bits per heavy atom. The average molecular weight is 764 g/mol. The summed E-state index contributed by atoms with van der Waals surface area (Å²) in [6.07, 6.45) is 5.09. The van der Waals surface area contributed by atoms with Gasteiger partial charge in [0.2, 0.25) is 12.3 Å². The van der Waals surface area contributed by atoms with Crippen molar-refractivity contribution >= 4 is 55.6 Å². The Morgan fingerprint density at radius 3 is 2.73 bits per heavy atom. The number of rotatable bonds is 15. The van der Waals surface area contributed by atoms with E-state index < -0.39 is 57.8 Å². The summed E-state index contributed by atoms with van der Waals surface area (Å²) in [6.45, 7) is 4.71. The maximum Gasteiger partial charge on any atom is 0.695 e. The Labute approximate surface area is 298 Å². The van der Waals surface area contributed by atoms with Gasteiger partial charge in [-0.3, -0.25) is 13.8 Å². The van der Waals surface area contributed by atoms with Gasteiger partial charge in [-0.05, 0) is 23.9 Å². The zero-order chi connectivity index (χ0) is 36.3. The molecule has 21 heteroatoms. The van der Waals surface area contributed by atoms with Crippen molar-refractivity contribution < 1.29 is 42.1 Å². The highest BCUT2D eigenvalue weighted by atomic mass is 32.5. The van der Waals surface area contributed by atoms with Crippen molar-refractivity contribution in [1.29, 1.82) is 0 Å². The van der Waals surface area contributed by atoms with Gasteiger partial charge in [-0.15, -0.1) is 9.42 Å². The van der Waals surface area contributed by atoms with Crippen LogP contribution in [0.5, 0.6) is 0 Å².